The van der Waals surface area contributed by atoms with Gasteiger partial charge in [-0.15, -0.1) is 0 Å². The van der Waals surface area contributed by atoms with Crippen LogP contribution in [0.1, 0.15) is 36.1 Å². The van der Waals surface area contributed by atoms with Gasteiger partial charge in [-0.3, -0.25) is 9.46 Å². The average Bonchev–Trinajstić information content (AvgIpc) is 3.27. The van der Waals surface area contributed by atoms with E-state index in [2.05, 4.69) is 0 Å². The molecule has 4 N–H and O–H groups in total. The number of nitrogens with zero attached hydrogens (tertiary/aromatic N) is 1. The molecule has 1 fully saturated rings. The Labute approximate surface area is 236 Å². The van der Waals surface area contributed by atoms with Gasteiger partial charge in [-0.1, -0.05) is 54.6 Å². The highest BCUT2D eigenvalue weighted by molar-refractivity contribution is 7.80. The molecule has 10 heteroatoms. The summed E-state index contributed by atoms with van der Waals surface area (Å²) >= 11 is 5.61. The van der Waals surface area contributed by atoms with E-state index in [0.29, 0.717) is 35.1 Å². The maximum absolute atomic E-state index is 13.3. The molecule has 40 heavy (non-hydrogen) atoms. The number of rotatable bonds is 8. The number of aliphatic hydroxyl groups excluding tert-OH is 1. The van der Waals surface area contributed by atoms with Gasteiger partial charge in [0.15, 0.2) is 0 Å². The Hall–Kier alpha value is -3.59. The summed E-state index contributed by atoms with van der Waals surface area (Å²) in [5, 5.41) is 22.1. The van der Waals surface area contributed by atoms with E-state index in [1.54, 1.807) is 36.4 Å². The van der Waals surface area contributed by atoms with Gasteiger partial charge in [-0.25, -0.2) is 4.39 Å². The van der Waals surface area contributed by atoms with E-state index >= 15 is 0 Å². The van der Waals surface area contributed by atoms with Crippen LogP contribution < -0.4 is 10.2 Å². The number of ether oxygens (including phenoxy) is 1. The fourth-order valence-corrected chi connectivity index (χ4v) is 5.82. The molecule has 1 aliphatic rings. The third-order valence-corrected chi connectivity index (χ3v) is 8.24. The molecular formula is C30H27FNO6PS. The van der Waals surface area contributed by atoms with Crippen molar-refractivity contribution in [2.75, 3.05) is 4.90 Å². The number of thiocarbonyl (C=S) groups is 1. The minimum Gasteiger partial charge on any atom is -0.508 e. The van der Waals surface area contributed by atoms with Gasteiger partial charge in [0.05, 0.1) is 11.4 Å². The first kappa shape index (κ1) is 28.0. The third-order valence-electron chi connectivity index (χ3n) is 6.98. The van der Waals surface area contributed by atoms with Crippen LogP contribution in [-0.4, -0.2) is 31.3 Å². The van der Waals surface area contributed by atoms with Crippen LogP contribution in [0.5, 0.6) is 5.75 Å². The summed E-state index contributed by atoms with van der Waals surface area (Å²) in [6.45, 7) is 0. The van der Waals surface area contributed by atoms with Crippen LogP contribution in [0.2, 0.25) is 0 Å². The quantitative estimate of drug-likeness (QED) is 0.154. The van der Waals surface area contributed by atoms with Crippen molar-refractivity contribution in [1.82, 2.24) is 0 Å². The number of phenolic OH excluding ortho intramolecular Hbond substituents is 1. The van der Waals surface area contributed by atoms with Crippen molar-refractivity contribution in [3.63, 3.8) is 0 Å². The molecule has 1 heterocycles. The summed E-state index contributed by atoms with van der Waals surface area (Å²) in [6, 6.07) is 25.7. The summed E-state index contributed by atoms with van der Waals surface area (Å²) in [5.41, 5.74) is 3.29. The van der Waals surface area contributed by atoms with E-state index in [1.165, 1.54) is 24.3 Å². The number of aliphatic hydroxyl groups is 1. The zero-order valence-electron chi connectivity index (χ0n) is 21.2. The van der Waals surface area contributed by atoms with Crippen molar-refractivity contribution < 1.29 is 33.7 Å². The summed E-state index contributed by atoms with van der Waals surface area (Å²) in [5.74, 6) is -0.379. The van der Waals surface area contributed by atoms with E-state index in [-0.39, 0.29) is 22.0 Å². The number of para-hydroxylation sites is 1. The van der Waals surface area contributed by atoms with Crippen LogP contribution in [0.4, 0.5) is 10.1 Å². The van der Waals surface area contributed by atoms with Crippen LogP contribution in [0.15, 0.2) is 97.1 Å². The Balaban J connectivity index is 1.45. The van der Waals surface area contributed by atoms with Crippen molar-refractivity contribution >= 4 is 36.0 Å². The lowest BCUT2D eigenvalue weighted by molar-refractivity contribution is 0.126. The SMILES string of the molecule is O=P(O)(O)c1ccc(-c2ccc(C3C(CCC(O)c4ccc(F)cc4)OC(=S)N3c3ccccc3)c(O)c2)cc1. The van der Waals surface area contributed by atoms with Gasteiger partial charge < -0.3 is 24.7 Å². The normalized spacial score (nSPS) is 18.0. The number of hydrogen-bond acceptors (Lipinski definition) is 5. The van der Waals surface area contributed by atoms with E-state index < -0.39 is 25.8 Å². The molecular weight excluding hydrogens is 552 g/mol. The van der Waals surface area contributed by atoms with Gasteiger partial charge in [0, 0.05) is 11.3 Å². The molecule has 5 rings (SSSR count). The zero-order valence-corrected chi connectivity index (χ0v) is 22.9. The molecule has 206 valence electrons. The van der Waals surface area contributed by atoms with Crippen LogP contribution in [-0.2, 0) is 9.30 Å². The Morgan fingerprint density at radius 2 is 1.57 bits per heavy atom. The lowest BCUT2D eigenvalue weighted by atomic mass is 9.92. The summed E-state index contributed by atoms with van der Waals surface area (Å²) < 4.78 is 31.0. The molecule has 0 radical (unpaired) electrons. The first-order valence-corrected chi connectivity index (χ1v) is 14.6. The predicted molar refractivity (Wildman–Crippen MR) is 155 cm³/mol. The highest BCUT2D eigenvalue weighted by Crippen LogP contribution is 2.44. The fraction of sp³-hybridized carbons (Fsp3) is 0.167. The standard InChI is InChI=1S/C30H27FNO6PS/c31-22-11-6-20(7-12-22)26(33)16-17-28-29(32(30(40)38-28)23-4-2-1-3-5-23)25-15-10-21(18-27(25)34)19-8-13-24(14-9-19)39(35,36)37/h1-15,18,26,28-29,33-34H,16-17H2,(H2,35,36,37). The maximum atomic E-state index is 13.3. The Morgan fingerprint density at radius 1 is 0.925 bits per heavy atom. The number of aromatic hydroxyl groups is 1. The topological polar surface area (TPSA) is 110 Å². The third kappa shape index (κ3) is 5.94. The van der Waals surface area contributed by atoms with Crippen molar-refractivity contribution in [1.29, 1.82) is 0 Å². The molecule has 4 aromatic carbocycles. The lowest BCUT2D eigenvalue weighted by Crippen LogP contribution is -2.29. The second-order valence-electron chi connectivity index (χ2n) is 9.58. The molecule has 3 unspecified atom stereocenters. The van der Waals surface area contributed by atoms with Crippen LogP contribution in [0.25, 0.3) is 11.1 Å². The number of phenols is 1. The largest absolute Gasteiger partial charge is 0.508 e. The van der Waals surface area contributed by atoms with E-state index in [4.69, 9.17) is 17.0 Å². The van der Waals surface area contributed by atoms with Crippen LogP contribution >= 0.6 is 19.8 Å². The Kier molecular flexibility index (Phi) is 8.03. The van der Waals surface area contributed by atoms with Gasteiger partial charge in [0.25, 0.3) is 5.17 Å². The number of benzene rings is 4. The number of hydrogen-bond donors (Lipinski definition) is 4. The molecule has 0 amide bonds. The minimum absolute atomic E-state index is 0.000112. The molecule has 0 saturated carbocycles. The summed E-state index contributed by atoms with van der Waals surface area (Å²) in [6.07, 6.45) is -0.612. The van der Waals surface area contributed by atoms with Gasteiger partial charge in [-0.2, -0.15) is 0 Å². The number of halogens is 1. The molecule has 0 bridgehead atoms. The smallest absolute Gasteiger partial charge is 0.356 e. The van der Waals surface area contributed by atoms with Gasteiger partial charge >= 0.3 is 7.60 Å². The molecule has 4 aromatic rings. The fourth-order valence-electron chi connectivity index (χ4n) is 4.94. The molecule has 1 saturated heterocycles. The lowest BCUT2D eigenvalue weighted by Gasteiger charge is -2.27. The second-order valence-corrected chi connectivity index (χ2v) is 11.5. The van der Waals surface area contributed by atoms with Crippen LogP contribution in [0, 0.1) is 5.82 Å². The molecule has 1 aliphatic heterocycles. The van der Waals surface area contributed by atoms with E-state index in [0.717, 1.165) is 5.69 Å². The Bertz CT molecular complexity index is 1550. The van der Waals surface area contributed by atoms with Crippen molar-refractivity contribution in [2.24, 2.45) is 0 Å². The zero-order chi connectivity index (χ0) is 28.4. The summed E-state index contributed by atoms with van der Waals surface area (Å²) in [7, 11) is -4.36. The summed E-state index contributed by atoms with van der Waals surface area (Å²) in [4.78, 5) is 20.6. The van der Waals surface area contributed by atoms with Crippen molar-refractivity contribution in [2.45, 2.75) is 31.1 Å². The Morgan fingerprint density at radius 3 is 2.20 bits per heavy atom. The van der Waals surface area contributed by atoms with Gasteiger partial charge in [0.1, 0.15) is 23.7 Å². The molecule has 0 aliphatic carbocycles. The van der Waals surface area contributed by atoms with Gasteiger partial charge in [-0.05, 0) is 84.2 Å². The highest BCUT2D eigenvalue weighted by atomic mass is 32.1. The number of anilines is 1. The van der Waals surface area contributed by atoms with Crippen LogP contribution in [0.3, 0.4) is 0 Å². The monoisotopic (exact) mass is 579 g/mol. The molecule has 3 atom stereocenters. The van der Waals surface area contributed by atoms with Gasteiger partial charge in [0.2, 0.25) is 0 Å². The predicted octanol–water partition coefficient (Wildman–Crippen LogP) is 5.75. The van der Waals surface area contributed by atoms with Crippen molar-refractivity contribution in [3.05, 3.63) is 114 Å². The first-order valence-electron chi connectivity index (χ1n) is 12.6. The highest BCUT2D eigenvalue weighted by Gasteiger charge is 2.42. The van der Waals surface area contributed by atoms with Crippen molar-refractivity contribution in [3.8, 4) is 16.9 Å². The van der Waals surface area contributed by atoms with E-state index in [1.807, 2.05) is 41.3 Å². The first-order chi connectivity index (χ1) is 19.1. The molecule has 0 spiro atoms. The average molecular weight is 580 g/mol. The molecule has 0 aromatic heterocycles. The maximum Gasteiger partial charge on any atom is 0.356 e. The molecule has 7 nitrogen and oxygen atoms in total. The second kappa shape index (κ2) is 11.5. The van der Waals surface area contributed by atoms with E-state index in [9.17, 15) is 29.0 Å². The minimum atomic E-state index is -4.36.